The van der Waals surface area contributed by atoms with E-state index in [9.17, 15) is 14.4 Å². The number of H-pyrrole nitrogens is 1. The van der Waals surface area contributed by atoms with E-state index in [1.54, 1.807) is 12.0 Å². The minimum absolute atomic E-state index is 0.0698. The van der Waals surface area contributed by atoms with Gasteiger partial charge in [-0.3, -0.25) is 19.2 Å². The third-order valence-electron chi connectivity index (χ3n) is 7.75. The number of rotatable bonds is 3. The number of hydrogen-bond acceptors (Lipinski definition) is 8. The summed E-state index contributed by atoms with van der Waals surface area (Å²) in [6, 6.07) is 16.3. The minimum Gasteiger partial charge on any atom is -0.493 e. The Labute approximate surface area is 266 Å². The number of likely N-dealkylation sites (tertiary alicyclic amines) is 1. The lowest BCUT2D eigenvalue weighted by Gasteiger charge is -2.39. The third-order valence-corrected chi connectivity index (χ3v) is 7.75. The van der Waals surface area contributed by atoms with Gasteiger partial charge in [-0.2, -0.15) is 5.26 Å². The first-order chi connectivity index (χ1) is 22.3. The van der Waals surface area contributed by atoms with Crippen molar-refractivity contribution in [2.45, 2.75) is 44.9 Å². The fourth-order valence-electron chi connectivity index (χ4n) is 5.38. The normalized spacial score (nSPS) is 18.6. The second kappa shape index (κ2) is 16.1. The highest BCUT2D eigenvalue weighted by Gasteiger charge is 2.34. The summed E-state index contributed by atoms with van der Waals surface area (Å²) in [5.74, 6) is 1.04. The van der Waals surface area contributed by atoms with Crippen LogP contribution in [-0.4, -0.2) is 89.5 Å². The Balaban J connectivity index is 0.00000154. The number of fused-ring (bicyclic) bond motifs is 5. The first-order valence-corrected chi connectivity index (χ1v) is 14.9. The number of hydrogen-bond donors (Lipinski definition) is 3. The number of nitrogens with zero attached hydrogens (tertiary/aromatic N) is 3. The van der Waals surface area contributed by atoms with E-state index in [1.165, 1.54) is 17.2 Å². The van der Waals surface area contributed by atoms with E-state index in [2.05, 4.69) is 10.3 Å². The molecule has 1 saturated heterocycles. The number of nitriles is 1. The molecule has 242 valence electrons. The summed E-state index contributed by atoms with van der Waals surface area (Å²) < 4.78 is 18.1. The lowest BCUT2D eigenvalue weighted by molar-refractivity contribution is -0.136. The molecule has 5 rings (SSSR count). The Morgan fingerprint density at radius 3 is 2.70 bits per heavy atom. The van der Waals surface area contributed by atoms with Crippen LogP contribution in [0.2, 0.25) is 0 Å². The van der Waals surface area contributed by atoms with E-state index < -0.39 is 6.10 Å². The molecule has 13 nitrogen and oxygen atoms in total. The van der Waals surface area contributed by atoms with Crippen molar-refractivity contribution in [3.05, 3.63) is 77.1 Å². The molecule has 3 aromatic rings. The summed E-state index contributed by atoms with van der Waals surface area (Å²) in [7, 11) is 1.57. The van der Waals surface area contributed by atoms with Crippen LogP contribution in [0.4, 0.5) is 0 Å². The molecule has 0 spiro atoms. The van der Waals surface area contributed by atoms with Crippen molar-refractivity contribution in [1.29, 1.82) is 5.26 Å². The lowest BCUT2D eigenvalue weighted by Crippen LogP contribution is -2.57. The van der Waals surface area contributed by atoms with Crippen LogP contribution in [0.25, 0.3) is 0 Å². The Morgan fingerprint density at radius 2 is 1.98 bits per heavy atom. The average molecular weight is 632 g/mol. The molecule has 0 saturated carbocycles. The first-order valence-electron chi connectivity index (χ1n) is 14.9. The van der Waals surface area contributed by atoms with Gasteiger partial charge in [0.05, 0.1) is 38.0 Å². The van der Waals surface area contributed by atoms with E-state index in [0.717, 1.165) is 11.1 Å². The second-order valence-electron chi connectivity index (χ2n) is 10.7. The fourth-order valence-corrected chi connectivity index (χ4v) is 5.38. The molecule has 2 aliphatic rings. The number of aromatic nitrogens is 1. The largest absolute Gasteiger partial charge is 0.493 e. The molecule has 46 heavy (non-hydrogen) atoms. The van der Waals surface area contributed by atoms with Crippen LogP contribution in [0.15, 0.2) is 54.7 Å². The van der Waals surface area contributed by atoms with Gasteiger partial charge in [0.25, 0.3) is 12.4 Å². The average Bonchev–Trinajstić information content (AvgIpc) is 3.55. The number of nitrogens with one attached hydrogen (secondary N) is 2. The first kappa shape index (κ1) is 33.5. The molecule has 3 amide bonds. The second-order valence-corrected chi connectivity index (χ2v) is 10.7. The number of likely N-dealkylation sites (N-methyl/N-ethyl adjacent to an activating group) is 1. The smallest absolute Gasteiger partial charge is 0.290 e. The summed E-state index contributed by atoms with van der Waals surface area (Å²) in [5, 5.41) is 19.1. The van der Waals surface area contributed by atoms with Crippen LogP contribution in [0.1, 0.15) is 46.9 Å². The highest BCUT2D eigenvalue weighted by Crippen LogP contribution is 2.33. The number of carbonyl (C=O) groups is 4. The molecule has 1 fully saturated rings. The minimum atomic E-state index is -0.516. The topological polar surface area (TPSA) is 174 Å². The predicted octanol–water partition coefficient (Wildman–Crippen LogP) is 3.10. The van der Waals surface area contributed by atoms with Crippen LogP contribution < -0.4 is 14.8 Å². The number of carboxylic acid groups (broad SMARTS) is 1. The summed E-state index contributed by atoms with van der Waals surface area (Å²) in [6.07, 6.45) is 2.16. The molecule has 3 N–H and O–H groups in total. The maximum absolute atomic E-state index is 13.2. The van der Waals surface area contributed by atoms with Crippen molar-refractivity contribution < 1.29 is 38.5 Å². The number of ether oxygens (including phenoxy) is 3. The van der Waals surface area contributed by atoms with Crippen LogP contribution >= 0.6 is 0 Å². The Kier molecular flexibility index (Phi) is 11.7. The molecular formula is C33H37N5O8. The summed E-state index contributed by atoms with van der Waals surface area (Å²) in [6.45, 7) is 2.77. The molecular weight excluding hydrogens is 594 g/mol. The van der Waals surface area contributed by atoms with E-state index in [1.807, 2.05) is 55.5 Å². The van der Waals surface area contributed by atoms with E-state index in [4.69, 9.17) is 29.4 Å². The summed E-state index contributed by atoms with van der Waals surface area (Å²) in [5.41, 5.74) is 2.46. The Hall–Kier alpha value is -5.35. The molecule has 0 aliphatic carbocycles. The molecule has 2 aliphatic heterocycles. The van der Waals surface area contributed by atoms with Crippen LogP contribution in [-0.2, 0) is 32.1 Å². The van der Waals surface area contributed by atoms with Crippen LogP contribution in [0.5, 0.6) is 17.2 Å². The Morgan fingerprint density at radius 1 is 1.17 bits per heavy atom. The molecule has 13 heteroatoms. The Bertz CT molecular complexity index is 1580. The van der Waals surface area contributed by atoms with Gasteiger partial charge in [0.15, 0.2) is 11.5 Å². The number of amides is 3. The maximum Gasteiger partial charge on any atom is 0.290 e. The van der Waals surface area contributed by atoms with Crippen molar-refractivity contribution in [3.63, 3.8) is 0 Å². The van der Waals surface area contributed by atoms with Crippen molar-refractivity contribution in [2.24, 2.45) is 0 Å². The number of methoxy groups -OCH3 is 1. The van der Waals surface area contributed by atoms with E-state index in [-0.39, 0.29) is 56.4 Å². The zero-order valence-electron chi connectivity index (χ0n) is 25.7. The molecule has 2 aromatic carbocycles. The fraction of sp³-hybridized carbons (Fsp3) is 0.364. The monoisotopic (exact) mass is 631 g/mol. The molecule has 4 bridgehead atoms. The van der Waals surface area contributed by atoms with Gasteiger partial charge in [-0.25, -0.2) is 0 Å². The van der Waals surface area contributed by atoms with E-state index in [0.29, 0.717) is 54.4 Å². The van der Waals surface area contributed by atoms with Crippen molar-refractivity contribution in [1.82, 2.24) is 20.1 Å². The van der Waals surface area contributed by atoms with Gasteiger partial charge in [0, 0.05) is 32.3 Å². The van der Waals surface area contributed by atoms with Gasteiger partial charge in [-0.15, -0.1) is 0 Å². The van der Waals surface area contributed by atoms with Gasteiger partial charge in [-0.05, 0) is 61.2 Å². The van der Waals surface area contributed by atoms with Gasteiger partial charge in [-0.1, -0.05) is 18.2 Å². The third kappa shape index (κ3) is 8.64. The molecule has 1 aromatic heterocycles. The van der Waals surface area contributed by atoms with Crippen LogP contribution in [0.3, 0.4) is 0 Å². The number of benzene rings is 2. The van der Waals surface area contributed by atoms with Gasteiger partial charge >= 0.3 is 0 Å². The number of aryl methyl sites for hydroxylation is 1. The standard InChI is InChI=1S/C32H35N5O6.CH2O2/c1-3-36-19-30(38)35-25-11-12-37(32(40)26-14-23(16-33)17-34-26)18-29(25)42-20-22-5-4-6-24(13-22)43-28-15-21(8-10-31(36)39)7-9-27(28)41-2;2-1-3/h4-7,9,13-15,17,25,29,34H,3,8,10-12,18-20H2,1-2H3,(H,35,38);1H,(H,2,3)/t25-,29-;/m0./s1. The predicted molar refractivity (Wildman–Crippen MR) is 165 cm³/mol. The maximum atomic E-state index is 13.2. The molecule has 0 radical (unpaired) electrons. The van der Waals surface area contributed by atoms with Crippen molar-refractivity contribution >= 4 is 24.2 Å². The molecule has 3 heterocycles. The number of carbonyl (C=O) groups excluding carboxylic acids is 3. The SMILES string of the molecule is CCN1CC(=O)N[C@H]2CCN(C(=O)c3cc(C#N)c[nH]3)C[C@@H]2OCc2cccc(c2)Oc2cc(ccc2OC)CCC1=O.O=CO. The number of aromatic amines is 1. The van der Waals surface area contributed by atoms with Gasteiger partial charge < -0.3 is 39.4 Å². The number of piperidine rings is 1. The van der Waals surface area contributed by atoms with Gasteiger partial charge in [0.1, 0.15) is 17.5 Å². The zero-order valence-corrected chi connectivity index (χ0v) is 25.7. The summed E-state index contributed by atoms with van der Waals surface area (Å²) >= 11 is 0. The molecule has 0 unspecified atom stereocenters. The lowest BCUT2D eigenvalue weighted by atomic mass is 10.0. The quantitative estimate of drug-likeness (QED) is 0.367. The summed E-state index contributed by atoms with van der Waals surface area (Å²) in [4.78, 5) is 53.9. The highest BCUT2D eigenvalue weighted by molar-refractivity contribution is 5.93. The zero-order chi connectivity index (χ0) is 33.1. The van der Waals surface area contributed by atoms with Crippen molar-refractivity contribution in [2.75, 3.05) is 33.3 Å². The molecule has 2 atom stereocenters. The highest BCUT2D eigenvalue weighted by atomic mass is 16.5. The van der Waals surface area contributed by atoms with Gasteiger partial charge in [0.2, 0.25) is 11.8 Å². The van der Waals surface area contributed by atoms with E-state index >= 15 is 0 Å². The van der Waals surface area contributed by atoms with Crippen LogP contribution in [0, 0.1) is 11.3 Å². The van der Waals surface area contributed by atoms with Crippen molar-refractivity contribution in [3.8, 4) is 23.3 Å².